The highest BCUT2D eigenvalue weighted by molar-refractivity contribution is 7.13. The number of nitrogens with zero attached hydrogens (tertiary/aromatic N) is 2. The van der Waals surface area contributed by atoms with E-state index in [0.29, 0.717) is 18.5 Å². The molecule has 2 N–H and O–H groups in total. The molecule has 1 saturated carbocycles. The first-order chi connectivity index (χ1) is 12.0. The summed E-state index contributed by atoms with van der Waals surface area (Å²) in [6.07, 6.45) is 6.71. The van der Waals surface area contributed by atoms with Gasteiger partial charge in [0.25, 0.3) is 0 Å². The Labute approximate surface area is 150 Å². The van der Waals surface area contributed by atoms with E-state index in [1.54, 1.807) is 12.4 Å². The van der Waals surface area contributed by atoms with Crippen LogP contribution < -0.4 is 5.32 Å². The number of hydrogen-bond acceptors (Lipinski definition) is 5. The maximum atomic E-state index is 12.4. The minimum atomic E-state index is -0.838. The summed E-state index contributed by atoms with van der Waals surface area (Å²) in [5, 5.41) is 15.1. The van der Waals surface area contributed by atoms with E-state index in [9.17, 15) is 14.7 Å². The standard InChI is InChI=1S/C18H21N3O3S/c1-18(7-3-2-6-14(18)17(23)24)21-15(22)9-13-11-25-16(20-13)12-5-4-8-19-10-12/h4-5,8,10-11,14H,2-3,6-7,9H2,1H3,(H,21,22)(H,23,24). The van der Waals surface area contributed by atoms with Gasteiger partial charge in [0.1, 0.15) is 5.01 Å². The molecule has 0 aromatic carbocycles. The zero-order chi connectivity index (χ0) is 17.9. The topological polar surface area (TPSA) is 92.2 Å². The molecule has 1 aliphatic rings. The lowest BCUT2D eigenvalue weighted by molar-refractivity contribution is -0.146. The second kappa shape index (κ2) is 7.31. The van der Waals surface area contributed by atoms with Gasteiger partial charge < -0.3 is 10.4 Å². The number of aliphatic carboxylic acids is 1. The van der Waals surface area contributed by atoms with Crippen molar-refractivity contribution in [3.63, 3.8) is 0 Å². The summed E-state index contributed by atoms with van der Waals surface area (Å²) in [5.41, 5.74) is 0.917. The summed E-state index contributed by atoms with van der Waals surface area (Å²) in [6, 6.07) is 3.77. The van der Waals surface area contributed by atoms with Gasteiger partial charge in [0, 0.05) is 23.3 Å². The minimum Gasteiger partial charge on any atom is -0.481 e. The van der Waals surface area contributed by atoms with Gasteiger partial charge in [-0.25, -0.2) is 4.98 Å². The molecule has 0 spiro atoms. The smallest absolute Gasteiger partial charge is 0.308 e. The fourth-order valence-corrected chi connectivity index (χ4v) is 4.23. The van der Waals surface area contributed by atoms with Crippen molar-refractivity contribution < 1.29 is 14.7 Å². The average Bonchev–Trinajstić information content (AvgIpc) is 3.03. The number of pyridine rings is 1. The Hall–Kier alpha value is -2.28. The van der Waals surface area contributed by atoms with Gasteiger partial charge in [-0.3, -0.25) is 14.6 Å². The number of aromatic nitrogens is 2. The van der Waals surface area contributed by atoms with E-state index in [1.807, 2.05) is 24.4 Å². The molecule has 2 aromatic rings. The molecule has 25 heavy (non-hydrogen) atoms. The summed E-state index contributed by atoms with van der Waals surface area (Å²) in [6.45, 7) is 1.84. The molecule has 2 heterocycles. The molecule has 0 bridgehead atoms. The van der Waals surface area contributed by atoms with Crippen molar-refractivity contribution in [3.05, 3.63) is 35.6 Å². The highest BCUT2D eigenvalue weighted by Gasteiger charge is 2.42. The molecule has 1 aliphatic carbocycles. The molecule has 3 rings (SSSR count). The number of carbonyl (C=O) groups is 2. The van der Waals surface area contributed by atoms with E-state index in [1.165, 1.54) is 11.3 Å². The molecule has 6 nitrogen and oxygen atoms in total. The van der Waals surface area contributed by atoms with Gasteiger partial charge in [-0.15, -0.1) is 11.3 Å². The summed E-state index contributed by atoms with van der Waals surface area (Å²) in [7, 11) is 0. The molecule has 2 atom stereocenters. The van der Waals surface area contributed by atoms with Crippen LogP contribution in [-0.2, 0) is 16.0 Å². The highest BCUT2D eigenvalue weighted by Crippen LogP contribution is 2.34. The molecule has 1 fully saturated rings. The predicted molar refractivity (Wildman–Crippen MR) is 95.2 cm³/mol. The molecule has 0 saturated heterocycles. The number of hydrogen-bond donors (Lipinski definition) is 2. The van der Waals surface area contributed by atoms with Gasteiger partial charge in [0.05, 0.1) is 23.6 Å². The van der Waals surface area contributed by atoms with Crippen LogP contribution in [0.2, 0.25) is 0 Å². The zero-order valence-electron chi connectivity index (χ0n) is 14.1. The Balaban J connectivity index is 1.66. The highest BCUT2D eigenvalue weighted by atomic mass is 32.1. The Bertz CT molecular complexity index is 762. The lowest BCUT2D eigenvalue weighted by Crippen LogP contribution is -2.55. The summed E-state index contributed by atoms with van der Waals surface area (Å²) >= 11 is 1.47. The van der Waals surface area contributed by atoms with Crippen LogP contribution in [0.25, 0.3) is 10.6 Å². The molecule has 0 aliphatic heterocycles. The van der Waals surface area contributed by atoms with Crippen molar-refractivity contribution in [2.24, 2.45) is 5.92 Å². The summed E-state index contributed by atoms with van der Waals surface area (Å²) in [5.74, 6) is -1.56. The van der Waals surface area contributed by atoms with Gasteiger partial charge >= 0.3 is 5.97 Å². The third-order valence-corrected chi connectivity index (χ3v) is 5.67. The Kier molecular flexibility index (Phi) is 5.13. The third-order valence-electron chi connectivity index (χ3n) is 4.73. The van der Waals surface area contributed by atoms with Crippen LogP contribution in [0.15, 0.2) is 29.9 Å². The second-order valence-corrected chi connectivity index (χ2v) is 7.52. The first-order valence-electron chi connectivity index (χ1n) is 8.36. The van der Waals surface area contributed by atoms with Crippen molar-refractivity contribution in [1.82, 2.24) is 15.3 Å². The minimum absolute atomic E-state index is 0.151. The molecular weight excluding hydrogens is 338 g/mol. The number of rotatable bonds is 5. The van der Waals surface area contributed by atoms with Crippen LogP contribution in [0.1, 0.15) is 38.3 Å². The normalized spacial score (nSPS) is 23.2. The Morgan fingerprint density at radius 1 is 1.44 bits per heavy atom. The van der Waals surface area contributed by atoms with E-state index < -0.39 is 17.4 Å². The predicted octanol–water partition coefficient (Wildman–Crippen LogP) is 2.90. The van der Waals surface area contributed by atoms with Crippen molar-refractivity contribution in [2.45, 2.75) is 44.6 Å². The van der Waals surface area contributed by atoms with Gasteiger partial charge in [0.15, 0.2) is 0 Å². The average molecular weight is 359 g/mol. The molecular formula is C18H21N3O3S. The lowest BCUT2D eigenvalue weighted by Gasteiger charge is -2.39. The SMILES string of the molecule is CC1(NC(=O)Cc2csc(-c3cccnc3)n2)CCCCC1C(=O)O. The molecule has 2 unspecified atom stereocenters. The summed E-state index contributed by atoms with van der Waals surface area (Å²) < 4.78 is 0. The molecule has 7 heteroatoms. The Morgan fingerprint density at radius 2 is 2.28 bits per heavy atom. The quantitative estimate of drug-likeness (QED) is 0.856. The molecule has 2 aromatic heterocycles. The van der Waals surface area contributed by atoms with Crippen LogP contribution >= 0.6 is 11.3 Å². The van der Waals surface area contributed by atoms with Gasteiger partial charge in [-0.1, -0.05) is 12.8 Å². The van der Waals surface area contributed by atoms with E-state index in [-0.39, 0.29) is 12.3 Å². The maximum absolute atomic E-state index is 12.4. The van der Waals surface area contributed by atoms with Gasteiger partial charge in [-0.05, 0) is 31.9 Å². The number of thiazole rings is 1. The Morgan fingerprint density at radius 3 is 3.00 bits per heavy atom. The van der Waals surface area contributed by atoms with Gasteiger partial charge in [-0.2, -0.15) is 0 Å². The number of nitrogens with one attached hydrogen (secondary N) is 1. The fourth-order valence-electron chi connectivity index (χ4n) is 3.42. The number of carbonyl (C=O) groups excluding carboxylic acids is 1. The van der Waals surface area contributed by atoms with Crippen LogP contribution in [-0.4, -0.2) is 32.5 Å². The first kappa shape index (κ1) is 17.5. The third kappa shape index (κ3) is 4.04. The van der Waals surface area contributed by atoms with Crippen LogP contribution in [0.5, 0.6) is 0 Å². The van der Waals surface area contributed by atoms with E-state index in [0.717, 1.165) is 23.4 Å². The van der Waals surface area contributed by atoms with Crippen molar-refractivity contribution in [1.29, 1.82) is 0 Å². The van der Waals surface area contributed by atoms with Crippen molar-refractivity contribution >= 4 is 23.2 Å². The lowest BCUT2D eigenvalue weighted by atomic mass is 9.74. The van der Waals surface area contributed by atoms with E-state index >= 15 is 0 Å². The molecule has 132 valence electrons. The monoisotopic (exact) mass is 359 g/mol. The fraction of sp³-hybridized carbons (Fsp3) is 0.444. The second-order valence-electron chi connectivity index (χ2n) is 6.66. The maximum Gasteiger partial charge on any atom is 0.308 e. The number of carboxylic acids is 1. The van der Waals surface area contributed by atoms with E-state index in [4.69, 9.17) is 0 Å². The molecule has 1 amide bonds. The van der Waals surface area contributed by atoms with Crippen molar-refractivity contribution in [2.75, 3.05) is 0 Å². The van der Waals surface area contributed by atoms with Crippen LogP contribution in [0.3, 0.4) is 0 Å². The zero-order valence-corrected chi connectivity index (χ0v) is 14.9. The summed E-state index contributed by atoms with van der Waals surface area (Å²) in [4.78, 5) is 32.5. The van der Waals surface area contributed by atoms with E-state index in [2.05, 4.69) is 15.3 Å². The first-order valence-corrected chi connectivity index (χ1v) is 9.24. The number of carboxylic acid groups (broad SMARTS) is 1. The van der Waals surface area contributed by atoms with Crippen LogP contribution in [0, 0.1) is 5.92 Å². The van der Waals surface area contributed by atoms with Gasteiger partial charge in [0.2, 0.25) is 5.91 Å². The largest absolute Gasteiger partial charge is 0.481 e. The number of amides is 1. The molecule has 0 radical (unpaired) electrons. The van der Waals surface area contributed by atoms with Crippen LogP contribution in [0.4, 0.5) is 0 Å². The van der Waals surface area contributed by atoms with Crippen molar-refractivity contribution in [3.8, 4) is 10.6 Å².